The standard InChI is InChI=1S/C25H25F2N5O2/c1-17(33)30-10-8-25(9-11-30)16-31(22-6-3-18(4-7-22)20-13-28-29-14-20)24(34)32(25)15-19-2-5-21(26)12-23(19)27/h2-7,12-14H,8-11,15-16H2,1H3,(H,28,29). The summed E-state index contributed by atoms with van der Waals surface area (Å²) in [5.74, 6) is -1.33. The topological polar surface area (TPSA) is 72.5 Å². The minimum absolute atomic E-state index is 0.00185. The highest BCUT2D eigenvalue weighted by Gasteiger charge is 2.51. The highest BCUT2D eigenvalue weighted by atomic mass is 19.1. The molecule has 0 bridgehead atoms. The summed E-state index contributed by atoms with van der Waals surface area (Å²) in [6.45, 7) is 3.06. The number of piperidine rings is 1. The van der Waals surface area contributed by atoms with Gasteiger partial charge in [-0.15, -0.1) is 0 Å². The zero-order valence-electron chi connectivity index (χ0n) is 18.8. The normalized spacial score (nSPS) is 17.6. The van der Waals surface area contributed by atoms with E-state index in [9.17, 15) is 18.4 Å². The number of hydrogen-bond acceptors (Lipinski definition) is 3. The molecule has 9 heteroatoms. The first kappa shape index (κ1) is 22.1. The monoisotopic (exact) mass is 465 g/mol. The fourth-order valence-electron chi connectivity index (χ4n) is 4.96. The first-order chi connectivity index (χ1) is 16.4. The number of nitrogens with zero attached hydrogens (tertiary/aromatic N) is 4. The Morgan fingerprint density at radius 2 is 1.82 bits per heavy atom. The van der Waals surface area contributed by atoms with Crippen molar-refractivity contribution in [2.45, 2.75) is 31.8 Å². The number of rotatable bonds is 4. The number of anilines is 1. The van der Waals surface area contributed by atoms with Crippen LogP contribution in [-0.2, 0) is 11.3 Å². The second-order valence-electron chi connectivity index (χ2n) is 8.95. The third-order valence-corrected chi connectivity index (χ3v) is 6.98. The number of aromatic amines is 1. The lowest BCUT2D eigenvalue weighted by Gasteiger charge is -2.43. The molecule has 5 rings (SSSR count). The first-order valence-corrected chi connectivity index (χ1v) is 11.2. The Labute approximate surface area is 196 Å². The number of urea groups is 1. The van der Waals surface area contributed by atoms with Gasteiger partial charge in [0.25, 0.3) is 0 Å². The first-order valence-electron chi connectivity index (χ1n) is 11.2. The Morgan fingerprint density at radius 3 is 2.44 bits per heavy atom. The van der Waals surface area contributed by atoms with Gasteiger partial charge in [-0.2, -0.15) is 5.10 Å². The molecule has 0 saturated carbocycles. The van der Waals surface area contributed by atoms with Gasteiger partial charge in [0.2, 0.25) is 5.91 Å². The SMILES string of the molecule is CC(=O)N1CCC2(CC1)CN(c1ccc(-c3cn[nH]c3)cc1)C(=O)N2Cc1ccc(F)cc1F. The summed E-state index contributed by atoms with van der Waals surface area (Å²) >= 11 is 0. The van der Waals surface area contributed by atoms with Crippen LogP contribution in [0, 0.1) is 11.6 Å². The highest BCUT2D eigenvalue weighted by Crippen LogP contribution is 2.40. The van der Waals surface area contributed by atoms with Crippen molar-refractivity contribution in [3.8, 4) is 11.1 Å². The average Bonchev–Trinajstić information content (AvgIpc) is 3.45. The summed E-state index contributed by atoms with van der Waals surface area (Å²) in [4.78, 5) is 30.7. The largest absolute Gasteiger partial charge is 0.343 e. The third-order valence-electron chi connectivity index (χ3n) is 6.98. The molecule has 2 saturated heterocycles. The van der Waals surface area contributed by atoms with Crippen molar-refractivity contribution in [2.75, 3.05) is 24.5 Å². The van der Waals surface area contributed by atoms with Crippen LogP contribution >= 0.6 is 0 Å². The highest BCUT2D eigenvalue weighted by molar-refractivity contribution is 5.95. The maximum Gasteiger partial charge on any atom is 0.325 e. The van der Waals surface area contributed by atoms with Crippen LogP contribution in [-0.4, -0.2) is 57.1 Å². The number of carbonyl (C=O) groups is 2. The van der Waals surface area contributed by atoms with Gasteiger partial charge in [0.05, 0.1) is 24.8 Å². The van der Waals surface area contributed by atoms with Crippen molar-refractivity contribution in [3.63, 3.8) is 0 Å². The molecular weight excluding hydrogens is 440 g/mol. The average molecular weight is 466 g/mol. The Bertz CT molecular complexity index is 1200. The quantitative estimate of drug-likeness (QED) is 0.628. The van der Waals surface area contributed by atoms with E-state index in [1.807, 2.05) is 24.3 Å². The Morgan fingerprint density at radius 1 is 1.09 bits per heavy atom. The molecule has 0 aliphatic carbocycles. The third kappa shape index (κ3) is 3.91. The summed E-state index contributed by atoms with van der Waals surface area (Å²) in [6, 6.07) is 10.8. The van der Waals surface area contributed by atoms with Gasteiger partial charge in [-0.25, -0.2) is 13.6 Å². The maximum atomic E-state index is 14.5. The van der Waals surface area contributed by atoms with Crippen molar-refractivity contribution in [2.24, 2.45) is 0 Å². The van der Waals surface area contributed by atoms with Crippen LogP contribution in [0.15, 0.2) is 54.9 Å². The van der Waals surface area contributed by atoms with Gasteiger partial charge in [0, 0.05) is 49.1 Å². The number of carbonyl (C=O) groups excluding carboxylic acids is 2. The van der Waals surface area contributed by atoms with Gasteiger partial charge >= 0.3 is 6.03 Å². The molecular formula is C25H25F2N5O2. The van der Waals surface area contributed by atoms with Gasteiger partial charge in [0.1, 0.15) is 11.6 Å². The van der Waals surface area contributed by atoms with Gasteiger partial charge in [-0.05, 0) is 36.6 Å². The lowest BCUT2D eigenvalue weighted by atomic mass is 9.86. The molecule has 2 aromatic carbocycles. The van der Waals surface area contributed by atoms with E-state index in [-0.39, 0.29) is 24.0 Å². The van der Waals surface area contributed by atoms with Crippen LogP contribution in [0.3, 0.4) is 0 Å². The van der Waals surface area contributed by atoms with Gasteiger partial charge in [-0.1, -0.05) is 18.2 Å². The molecule has 0 unspecified atom stereocenters. The van der Waals surface area contributed by atoms with Crippen LogP contribution in [0.2, 0.25) is 0 Å². The van der Waals surface area contributed by atoms with E-state index in [4.69, 9.17) is 0 Å². The summed E-state index contributed by atoms with van der Waals surface area (Å²) in [6.07, 6.45) is 4.70. The van der Waals surface area contributed by atoms with E-state index in [0.717, 1.165) is 22.9 Å². The van der Waals surface area contributed by atoms with Crippen LogP contribution < -0.4 is 4.90 Å². The molecule has 3 aromatic rings. The second kappa shape index (κ2) is 8.55. The predicted octanol–water partition coefficient (Wildman–Crippen LogP) is 4.18. The van der Waals surface area contributed by atoms with Crippen molar-refractivity contribution < 1.29 is 18.4 Å². The lowest BCUT2D eigenvalue weighted by molar-refractivity contribution is -0.131. The molecule has 2 aliphatic heterocycles. The number of aromatic nitrogens is 2. The molecule has 2 fully saturated rings. The zero-order chi connectivity index (χ0) is 23.9. The molecule has 34 heavy (non-hydrogen) atoms. The van der Waals surface area contributed by atoms with Crippen molar-refractivity contribution in [1.29, 1.82) is 0 Å². The Hall–Kier alpha value is -3.75. The van der Waals surface area contributed by atoms with Crippen LogP contribution in [0.1, 0.15) is 25.3 Å². The van der Waals surface area contributed by atoms with Crippen molar-refractivity contribution >= 4 is 17.6 Å². The minimum atomic E-state index is -0.674. The lowest BCUT2D eigenvalue weighted by Crippen LogP contribution is -2.54. The number of likely N-dealkylation sites (tertiary alicyclic amines) is 1. The molecule has 1 aromatic heterocycles. The van der Waals surface area contributed by atoms with Gasteiger partial charge in [0.15, 0.2) is 0 Å². The van der Waals surface area contributed by atoms with Crippen LogP contribution in [0.5, 0.6) is 0 Å². The summed E-state index contributed by atoms with van der Waals surface area (Å²) in [5.41, 5.74) is 2.38. The number of benzene rings is 2. The van der Waals surface area contributed by atoms with E-state index >= 15 is 0 Å². The molecule has 0 radical (unpaired) electrons. The van der Waals surface area contributed by atoms with E-state index in [1.54, 1.807) is 27.1 Å². The predicted molar refractivity (Wildman–Crippen MR) is 123 cm³/mol. The summed E-state index contributed by atoms with van der Waals surface area (Å²) in [5, 5.41) is 6.76. The molecule has 1 spiro atoms. The van der Waals surface area contributed by atoms with Gasteiger partial charge in [-0.3, -0.25) is 14.8 Å². The van der Waals surface area contributed by atoms with Crippen molar-refractivity contribution in [1.82, 2.24) is 20.0 Å². The minimum Gasteiger partial charge on any atom is -0.343 e. The molecule has 7 nitrogen and oxygen atoms in total. The number of nitrogens with one attached hydrogen (secondary N) is 1. The fraction of sp³-hybridized carbons (Fsp3) is 0.320. The fourth-order valence-corrected chi connectivity index (χ4v) is 4.96. The molecule has 3 heterocycles. The molecule has 0 atom stereocenters. The van der Waals surface area contributed by atoms with Gasteiger partial charge < -0.3 is 9.80 Å². The summed E-state index contributed by atoms with van der Waals surface area (Å²) < 4.78 is 28.0. The zero-order valence-corrected chi connectivity index (χ0v) is 18.8. The number of hydrogen-bond donors (Lipinski definition) is 1. The second-order valence-corrected chi connectivity index (χ2v) is 8.95. The molecule has 1 N–H and O–H groups in total. The smallest absolute Gasteiger partial charge is 0.325 e. The molecule has 3 amide bonds. The maximum absolute atomic E-state index is 14.5. The van der Waals surface area contributed by atoms with Crippen molar-refractivity contribution in [3.05, 3.63) is 72.1 Å². The summed E-state index contributed by atoms with van der Waals surface area (Å²) in [7, 11) is 0. The Balaban J connectivity index is 1.45. The number of H-pyrrole nitrogens is 1. The molecule has 2 aliphatic rings. The number of halogens is 2. The Kier molecular flexibility index (Phi) is 5.55. The van der Waals surface area contributed by atoms with E-state index < -0.39 is 17.2 Å². The van der Waals surface area contributed by atoms with Crippen LogP contribution in [0.4, 0.5) is 19.3 Å². The van der Waals surface area contributed by atoms with E-state index in [2.05, 4.69) is 10.2 Å². The van der Waals surface area contributed by atoms with E-state index in [0.29, 0.717) is 32.5 Å². The molecule has 176 valence electrons. The number of amides is 3. The van der Waals surface area contributed by atoms with E-state index in [1.165, 1.54) is 19.1 Å². The van der Waals surface area contributed by atoms with Crippen LogP contribution in [0.25, 0.3) is 11.1 Å².